The van der Waals surface area contributed by atoms with Gasteiger partial charge in [0.1, 0.15) is 17.3 Å². The van der Waals surface area contributed by atoms with E-state index >= 15 is 0 Å². The minimum absolute atomic E-state index is 0.0872. The van der Waals surface area contributed by atoms with Gasteiger partial charge in [0.15, 0.2) is 4.77 Å². The molecule has 1 aliphatic heterocycles. The molecule has 6 nitrogen and oxygen atoms in total. The predicted octanol–water partition coefficient (Wildman–Crippen LogP) is 3.64. The number of nitrogens with one attached hydrogen (secondary N) is 1. The molecule has 0 bridgehead atoms. The number of carbonyl (C=O) groups is 1. The zero-order chi connectivity index (χ0) is 21.1. The standard InChI is InChI=1S/C22H23FN4O2S/c1-29-19-8-2-16(3-9-19)15-25-10-12-26(13-11-25)21(28)20-14-24-22(30)27(20)18-6-4-17(23)5-7-18/h2-9,14H,10-13,15H2,1H3,(H,24,30). The van der Waals surface area contributed by atoms with Gasteiger partial charge in [-0.15, -0.1) is 0 Å². The Balaban J connectivity index is 1.42. The molecule has 0 radical (unpaired) electrons. The van der Waals surface area contributed by atoms with E-state index in [1.165, 1.54) is 17.7 Å². The van der Waals surface area contributed by atoms with Crippen LogP contribution in [0.15, 0.2) is 54.7 Å². The van der Waals surface area contributed by atoms with Crippen LogP contribution in [0.2, 0.25) is 0 Å². The maximum Gasteiger partial charge on any atom is 0.272 e. The summed E-state index contributed by atoms with van der Waals surface area (Å²) in [4.78, 5) is 20.2. The third-order valence-electron chi connectivity index (χ3n) is 5.31. The Morgan fingerprint density at radius 1 is 1.07 bits per heavy atom. The fraction of sp³-hybridized carbons (Fsp3) is 0.273. The first-order chi connectivity index (χ1) is 14.5. The van der Waals surface area contributed by atoms with Crippen molar-refractivity contribution in [2.24, 2.45) is 0 Å². The van der Waals surface area contributed by atoms with Crippen LogP contribution >= 0.6 is 12.2 Å². The van der Waals surface area contributed by atoms with Gasteiger partial charge in [-0.05, 0) is 54.2 Å². The van der Waals surface area contributed by atoms with Gasteiger partial charge in [-0.1, -0.05) is 12.1 Å². The number of nitrogens with zero attached hydrogens (tertiary/aromatic N) is 3. The molecule has 1 aromatic heterocycles. The van der Waals surface area contributed by atoms with Crippen molar-refractivity contribution >= 4 is 18.1 Å². The van der Waals surface area contributed by atoms with Crippen LogP contribution in [0, 0.1) is 10.6 Å². The Hall–Kier alpha value is -2.97. The van der Waals surface area contributed by atoms with Gasteiger partial charge in [0, 0.05) is 44.6 Å². The van der Waals surface area contributed by atoms with Gasteiger partial charge >= 0.3 is 0 Å². The molecule has 0 unspecified atom stereocenters. The van der Waals surface area contributed by atoms with E-state index in [1.54, 1.807) is 30.0 Å². The van der Waals surface area contributed by atoms with Gasteiger partial charge in [-0.3, -0.25) is 14.3 Å². The minimum Gasteiger partial charge on any atom is -0.497 e. The molecule has 8 heteroatoms. The Labute approximate surface area is 179 Å². The number of piperazine rings is 1. The lowest BCUT2D eigenvalue weighted by Crippen LogP contribution is -2.48. The number of hydrogen-bond donors (Lipinski definition) is 1. The van der Waals surface area contributed by atoms with Crippen molar-refractivity contribution in [3.63, 3.8) is 0 Å². The highest BCUT2D eigenvalue weighted by atomic mass is 32.1. The van der Waals surface area contributed by atoms with Crippen molar-refractivity contribution in [1.29, 1.82) is 0 Å². The number of halogens is 1. The van der Waals surface area contributed by atoms with E-state index in [4.69, 9.17) is 17.0 Å². The number of amides is 1. The Bertz CT molecular complexity index is 1070. The van der Waals surface area contributed by atoms with Gasteiger partial charge < -0.3 is 14.6 Å². The number of carbonyl (C=O) groups excluding carboxylic acids is 1. The average Bonchev–Trinajstić information content (AvgIpc) is 3.16. The summed E-state index contributed by atoms with van der Waals surface area (Å²) in [5.74, 6) is 0.425. The quantitative estimate of drug-likeness (QED) is 0.633. The third kappa shape index (κ3) is 4.29. The van der Waals surface area contributed by atoms with E-state index in [0.717, 1.165) is 25.4 Å². The molecule has 4 rings (SSSR count). The highest BCUT2D eigenvalue weighted by molar-refractivity contribution is 7.71. The molecule has 2 heterocycles. The van der Waals surface area contributed by atoms with Crippen LogP contribution in [0.1, 0.15) is 16.1 Å². The first-order valence-electron chi connectivity index (χ1n) is 9.76. The van der Waals surface area contributed by atoms with E-state index in [0.29, 0.717) is 29.2 Å². The van der Waals surface area contributed by atoms with Crippen molar-refractivity contribution in [1.82, 2.24) is 19.4 Å². The van der Waals surface area contributed by atoms with E-state index in [-0.39, 0.29) is 11.7 Å². The van der Waals surface area contributed by atoms with Crippen molar-refractivity contribution in [2.45, 2.75) is 6.54 Å². The van der Waals surface area contributed by atoms with Crippen molar-refractivity contribution in [3.05, 3.63) is 76.6 Å². The molecular weight excluding hydrogens is 403 g/mol. The summed E-state index contributed by atoms with van der Waals surface area (Å²) < 4.78 is 20.5. The van der Waals surface area contributed by atoms with Crippen LogP contribution in [0.25, 0.3) is 5.69 Å². The lowest BCUT2D eigenvalue weighted by molar-refractivity contribution is 0.0620. The van der Waals surface area contributed by atoms with Gasteiger partial charge in [-0.2, -0.15) is 0 Å². The molecule has 1 N–H and O–H groups in total. The highest BCUT2D eigenvalue weighted by Gasteiger charge is 2.25. The fourth-order valence-electron chi connectivity index (χ4n) is 3.63. The topological polar surface area (TPSA) is 53.5 Å². The summed E-state index contributed by atoms with van der Waals surface area (Å²) in [5, 5.41) is 0. The second-order valence-electron chi connectivity index (χ2n) is 7.21. The van der Waals surface area contributed by atoms with E-state index in [2.05, 4.69) is 22.0 Å². The molecule has 3 aromatic rings. The molecule has 156 valence electrons. The fourth-order valence-corrected chi connectivity index (χ4v) is 3.90. The SMILES string of the molecule is COc1ccc(CN2CCN(C(=O)c3c[nH]c(=S)n3-c3ccc(F)cc3)CC2)cc1. The number of H-pyrrole nitrogens is 1. The van der Waals surface area contributed by atoms with Crippen LogP contribution in [0.5, 0.6) is 5.75 Å². The number of imidazole rings is 1. The molecule has 1 amide bonds. The lowest BCUT2D eigenvalue weighted by atomic mass is 10.2. The highest BCUT2D eigenvalue weighted by Crippen LogP contribution is 2.18. The van der Waals surface area contributed by atoms with Crippen LogP contribution < -0.4 is 4.74 Å². The molecule has 0 saturated carbocycles. The van der Waals surface area contributed by atoms with Crippen LogP contribution in [0.4, 0.5) is 4.39 Å². The molecule has 1 saturated heterocycles. The molecule has 0 spiro atoms. The number of aromatic amines is 1. The first-order valence-corrected chi connectivity index (χ1v) is 10.2. The number of methoxy groups -OCH3 is 1. The van der Waals surface area contributed by atoms with Gasteiger partial charge in [0.05, 0.1) is 7.11 Å². The smallest absolute Gasteiger partial charge is 0.272 e. The number of benzene rings is 2. The Kier molecular flexibility index (Phi) is 5.96. The summed E-state index contributed by atoms with van der Waals surface area (Å²) >= 11 is 5.34. The molecule has 30 heavy (non-hydrogen) atoms. The van der Waals surface area contributed by atoms with Crippen molar-refractivity contribution < 1.29 is 13.9 Å². The lowest BCUT2D eigenvalue weighted by Gasteiger charge is -2.34. The first kappa shape index (κ1) is 20.3. The molecular formula is C22H23FN4O2S. The Morgan fingerprint density at radius 2 is 1.73 bits per heavy atom. The van der Waals surface area contributed by atoms with Gasteiger partial charge in [0.25, 0.3) is 5.91 Å². The second kappa shape index (κ2) is 8.81. The monoisotopic (exact) mass is 426 g/mol. The molecule has 1 fully saturated rings. The van der Waals surface area contributed by atoms with Crippen LogP contribution in [-0.2, 0) is 6.54 Å². The largest absolute Gasteiger partial charge is 0.497 e. The van der Waals surface area contributed by atoms with E-state index < -0.39 is 0 Å². The summed E-state index contributed by atoms with van der Waals surface area (Å²) in [6.07, 6.45) is 1.62. The van der Waals surface area contributed by atoms with Gasteiger partial charge in [0.2, 0.25) is 0 Å². The Morgan fingerprint density at radius 3 is 2.37 bits per heavy atom. The summed E-state index contributed by atoms with van der Waals surface area (Å²) in [7, 11) is 1.66. The number of aromatic nitrogens is 2. The molecule has 2 aromatic carbocycles. The van der Waals surface area contributed by atoms with Gasteiger partial charge in [-0.25, -0.2) is 4.39 Å². The van der Waals surface area contributed by atoms with Crippen LogP contribution in [0.3, 0.4) is 0 Å². The molecule has 0 atom stereocenters. The van der Waals surface area contributed by atoms with E-state index in [9.17, 15) is 9.18 Å². The van der Waals surface area contributed by atoms with Crippen molar-refractivity contribution in [3.8, 4) is 11.4 Å². The third-order valence-corrected chi connectivity index (χ3v) is 5.61. The van der Waals surface area contributed by atoms with Crippen molar-refractivity contribution in [2.75, 3.05) is 33.3 Å². The maximum atomic E-state index is 13.3. The summed E-state index contributed by atoms with van der Waals surface area (Å²) in [6.45, 7) is 3.69. The maximum absolute atomic E-state index is 13.3. The minimum atomic E-state index is -0.332. The zero-order valence-corrected chi connectivity index (χ0v) is 17.5. The van der Waals surface area contributed by atoms with Crippen LogP contribution in [-0.4, -0.2) is 58.5 Å². The number of rotatable bonds is 5. The molecule has 1 aliphatic rings. The predicted molar refractivity (Wildman–Crippen MR) is 115 cm³/mol. The summed E-state index contributed by atoms with van der Waals surface area (Å²) in [6, 6.07) is 14.0. The number of ether oxygens (including phenoxy) is 1. The second-order valence-corrected chi connectivity index (χ2v) is 7.59. The normalized spacial score (nSPS) is 14.7. The number of hydrogen-bond acceptors (Lipinski definition) is 4. The molecule has 0 aliphatic carbocycles. The summed E-state index contributed by atoms with van der Waals surface area (Å²) in [5.41, 5.74) is 2.32. The average molecular weight is 427 g/mol. The zero-order valence-electron chi connectivity index (χ0n) is 16.7. The van der Waals surface area contributed by atoms with E-state index in [1.807, 2.05) is 17.0 Å².